The van der Waals surface area contributed by atoms with Crippen molar-refractivity contribution >= 4 is 49.3 Å². The van der Waals surface area contributed by atoms with Crippen LogP contribution in [0.25, 0.3) is 94.5 Å². The van der Waals surface area contributed by atoms with Crippen molar-refractivity contribution in [2.24, 2.45) is 0 Å². The van der Waals surface area contributed by atoms with Gasteiger partial charge < -0.3 is 9.13 Å². The number of fused-ring (bicyclic) bond motifs is 6. The van der Waals surface area contributed by atoms with Gasteiger partial charge >= 0.3 is 0 Å². The SMILES string of the molecule is C1=CC(c2cc(-c3cccc(-n4c5ccc(-c6ccc7c8ccccc8n(-c8ccccc8)c7c6)cc5c5ncccc54)c3)nc(-c3ccccc3)n2)=CCC1. The second-order valence-corrected chi connectivity index (χ2v) is 14.4. The van der Waals surface area contributed by atoms with Crippen LogP contribution in [0.3, 0.4) is 0 Å². The second kappa shape index (κ2) is 13.2. The van der Waals surface area contributed by atoms with Crippen molar-refractivity contribution in [3.63, 3.8) is 0 Å². The number of hydrogen-bond acceptors (Lipinski definition) is 3. The minimum Gasteiger partial charge on any atom is -0.309 e. The lowest BCUT2D eigenvalue weighted by molar-refractivity contribution is 1.03. The average Bonchev–Trinajstić information content (AvgIpc) is 3.79. The van der Waals surface area contributed by atoms with Crippen LogP contribution < -0.4 is 0 Å². The summed E-state index contributed by atoms with van der Waals surface area (Å²) in [7, 11) is 0. The highest BCUT2D eigenvalue weighted by atomic mass is 15.0. The van der Waals surface area contributed by atoms with Crippen molar-refractivity contribution < 1.29 is 0 Å². The fourth-order valence-corrected chi connectivity index (χ4v) is 8.37. The summed E-state index contributed by atoms with van der Waals surface area (Å²) < 4.78 is 4.70. The largest absolute Gasteiger partial charge is 0.309 e. The highest BCUT2D eigenvalue weighted by Gasteiger charge is 2.18. The van der Waals surface area contributed by atoms with Gasteiger partial charge in [-0.05, 0) is 96.3 Å². The van der Waals surface area contributed by atoms with E-state index in [1.54, 1.807) is 0 Å². The molecule has 0 atom stereocenters. The van der Waals surface area contributed by atoms with E-state index in [0.29, 0.717) is 0 Å². The Morgan fingerprint density at radius 1 is 0.429 bits per heavy atom. The molecule has 0 aliphatic heterocycles. The van der Waals surface area contributed by atoms with Gasteiger partial charge in [0.1, 0.15) is 0 Å². The number of benzene rings is 6. The van der Waals surface area contributed by atoms with Crippen LogP contribution in [0.4, 0.5) is 0 Å². The molecule has 6 aromatic carbocycles. The average molecular weight is 718 g/mol. The molecule has 5 nitrogen and oxygen atoms in total. The maximum Gasteiger partial charge on any atom is 0.160 e. The predicted octanol–water partition coefficient (Wildman–Crippen LogP) is 12.8. The molecule has 10 aromatic rings. The molecule has 0 N–H and O–H groups in total. The van der Waals surface area contributed by atoms with E-state index in [0.717, 1.165) is 91.2 Å². The quantitative estimate of drug-likeness (QED) is 0.172. The molecule has 11 rings (SSSR count). The Morgan fingerprint density at radius 2 is 1.12 bits per heavy atom. The maximum atomic E-state index is 5.14. The lowest BCUT2D eigenvalue weighted by Gasteiger charge is -2.13. The van der Waals surface area contributed by atoms with Crippen LogP contribution in [-0.2, 0) is 0 Å². The number of aromatic nitrogens is 5. The molecule has 0 bridgehead atoms. The second-order valence-electron chi connectivity index (χ2n) is 14.4. The van der Waals surface area contributed by atoms with Crippen LogP contribution in [0.1, 0.15) is 18.5 Å². The maximum absolute atomic E-state index is 5.14. The van der Waals surface area contributed by atoms with Gasteiger partial charge in [-0.3, -0.25) is 4.98 Å². The number of nitrogens with zero attached hydrogens (tertiary/aromatic N) is 5. The summed E-state index contributed by atoms with van der Waals surface area (Å²) in [5, 5.41) is 3.60. The molecule has 4 heterocycles. The first-order valence-electron chi connectivity index (χ1n) is 19.2. The van der Waals surface area contributed by atoms with Crippen LogP contribution in [0.2, 0.25) is 0 Å². The zero-order valence-electron chi connectivity index (χ0n) is 30.5. The number of rotatable bonds is 6. The van der Waals surface area contributed by atoms with E-state index < -0.39 is 0 Å². The molecule has 0 unspecified atom stereocenters. The van der Waals surface area contributed by atoms with Crippen LogP contribution >= 0.6 is 0 Å². The van der Waals surface area contributed by atoms with Crippen LogP contribution in [0.15, 0.2) is 188 Å². The first kappa shape index (κ1) is 32.1. The lowest BCUT2D eigenvalue weighted by atomic mass is 10.0. The summed E-state index contributed by atoms with van der Waals surface area (Å²) in [6.45, 7) is 0. The van der Waals surface area contributed by atoms with E-state index in [2.05, 4.69) is 167 Å². The fraction of sp³-hybridized carbons (Fsp3) is 0.0392. The molecule has 1 aliphatic carbocycles. The van der Waals surface area contributed by atoms with Gasteiger partial charge in [0.25, 0.3) is 0 Å². The van der Waals surface area contributed by atoms with Crippen LogP contribution in [-0.4, -0.2) is 24.1 Å². The number of pyridine rings is 1. The minimum absolute atomic E-state index is 0.722. The third-order valence-electron chi connectivity index (χ3n) is 11.0. The molecular weight excluding hydrogens is 683 g/mol. The molecule has 0 spiro atoms. The minimum atomic E-state index is 0.722. The van der Waals surface area contributed by atoms with Gasteiger partial charge in [0.05, 0.1) is 39.0 Å². The molecule has 0 fully saturated rings. The van der Waals surface area contributed by atoms with Crippen LogP contribution in [0, 0.1) is 0 Å². The van der Waals surface area contributed by atoms with Crippen LogP contribution in [0.5, 0.6) is 0 Å². The zero-order valence-corrected chi connectivity index (χ0v) is 30.5. The summed E-state index contributed by atoms with van der Waals surface area (Å²) in [5.41, 5.74) is 15.0. The number of allylic oxidation sites excluding steroid dienone is 4. The van der Waals surface area contributed by atoms with E-state index in [4.69, 9.17) is 15.0 Å². The van der Waals surface area contributed by atoms with E-state index >= 15 is 0 Å². The Balaban J connectivity index is 1.05. The van der Waals surface area contributed by atoms with Gasteiger partial charge in [-0.25, -0.2) is 9.97 Å². The molecule has 0 saturated carbocycles. The van der Waals surface area contributed by atoms with Crippen molar-refractivity contribution in [1.29, 1.82) is 0 Å². The van der Waals surface area contributed by atoms with E-state index in [1.165, 1.54) is 21.8 Å². The molecule has 56 heavy (non-hydrogen) atoms. The molecule has 5 heteroatoms. The highest BCUT2D eigenvalue weighted by molar-refractivity contribution is 6.11. The van der Waals surface area contributed by atoms with Gasteiger partial charge in [-0.1, -0.05) is 115 Å². The Kier molecular flexibility index (Phi) is 7.56. The highest BCUT2D eigenvalue weighted by Crippen LogP contribution is 2.38. The van der Waals surface area contributed by atoms with E-state index in [-0.39, 0.29) is 0 Å². The first-order chi connectivity index (χ1) is 27.8. The molecular formula is C51H35N5. The molecule has 0 amide bonds. The predicted molar refractivity (Wildman–Crippen MR) is 231 cm³/mol. The molecule has 1 aliphatic rings. The smallest absolute Gasteiger partial charge is 0.160 e. The Labute approximate surface area is 324 Å². The van der Waals surface area contributed by atoms with Crippen molar-refractivity contribution in [3.05, 3.63) is 194 Å². The number of para-hydroxylation sites is 2. The normalized spacial score (nSPS) is 12.9. The molecule has 0 radical (unpaired) electrons. The summed E-state index contributed by atoms with van der Waals surface area (Å²) >= 11 is 0. The van der Waals surface area contributed by atoms with Crippen molar-refractivity contribution in [2.45, 2.75) is 12.8 Å². The zero-order chi connectivity index (χ0) is 37.0. The Bertz CT molecular complexity index is 3190. The van der Waals surface area contributed by atoms with Gasteiger partial charge in [-0.2, -0.15) is 0 Å². The summed E-state index contributed by atoms with van der Waals surface area (Å²) in [6, 6.07) is 58.2. The first-order valence-corrected chi connectivity index (χ1v) is 19.2. The van der Waals surface area contributed by atoms with Crippen molar-refractivity contribution in [2.75, 3.05) is 0 Å². The van der Waals surface area contributed by atoms with Gasteiger partial charge in [0.2, 0.25) is 0 Å². The summed E-state index contributed by atoms with van der Waals surface area (Å²) in [4.78, 5) is 15.1. The number of hydrogen-bond donors (Lipinski definition) is 0. The standard InChI is InChI=1S/C51H35N5/c1-4-14-34(15-5-1)44-33-45(54-51(53-44)35-16-6-2-7-17-35)38-18-12-21-40(30-38)56-47-28-26-36(31-43(47)50-48(56)24-13-29-52-50)37-25-27-42-41-22-10-11-23-46(41)55(49(42)32-37)39-19-8-3-9-20-39/h2-4,6-33H,1,5H2. The van der Waals surface area contributed by atoms with Gasteiger partial charge in [-0.15, -0.1) is 0 Å². The Morgan fingerprint density at radius 3 is 2.00 bits per heavy atom. The molecule has 0 saturated heterocycles. The third-order valence-corrected chi connectivity index (χ3v) is 11.0. The topological polar surface area (TPSA) is 48.5 Å². The van der Waals surface area contributed by atoms with E-state index in [9.17, 15) is 0 Å². The van der Waals surface area contributed by atoms with E-state index in [1.807, 2.05) is 30.5 Å². The summed E-state index contributed by atoms with van der Waals surface area (Å²) in [5.74, 6) is 0.722. The third kappa shape index (κ3) is 5.36. The monoisotopic (exact) mass is 717 g/mol. The molecule has 264 valence electrons. The van der Waals surface area contributed by atoms with Crippen molar-refractivity contribution in [1.82, 2.24) is 24.1 Å². The van der Waals surface area contributed by atoms with Gasteiger partial charge in [0.15, 0.2) is 5.82 Å². The van der Waals surface area contributed by atoms with Crippen molar-refractivity contribution in [3.8, 4) is 45.1 Å². The Hall–Kier alpha value is -7.37. The molecule has 4 aromatic heterocycles. The lowest BCUT2D eigenvalue weighted by Crippen LogP contribution is -1.99. The summed E-state index contributed by atoms with van der Waals surface area (Å²) in [6.07, 6.45) is 10.6. The van der Waals surface area contributed by atoms with Gasteiger partial charge in [0, 0.05) is 44.9 Å². The fourth-order valence-electron chi connectivity index (χ4n) is 8.37.